The van der Waals surface area contributed by atoms with Gasteiger partial charge in [0.15, 0.2) is 0 Å². The van der Waals surface area contributed by atoms with Crippen LogP contribution < -0.4 is 32.1 Å². The zero-order valence-corrected chi connectivity index (χ0v) is 21.1. The van der Waals surface area contributed by atoms with Gasteiger partial charge in [-0.25, -0.2) is 9.98 Å². The van der Waals surface area contributed by atoms with Crippen LogP contribution in [0.25, 0.3) is 0 Å². The average molecular weight is 465 g/mol. The normalized spacial score (nSPS) is 11.8. The second kappa shape index (κ2) is 29.4. The number of amidine groups is 2. The van der Waals surface area contributed by atoms with E-state index in [2.05, 4.69) is 20.6 Å². The molecule has 32 heavy (non-hydrogen) atoms. The summed E-state index contributed by atoms with van der Waals surface area (Å²) in [5, 5.41) is 6.17. The van der Waals surface area contributed by atoms with Crippen LogP contribution in [0.1, 0.15) is 51.4 Å². The standard InChI is InChI=1S/C13H29N3O.C9H21N3O3/c1-15-11-9-7-5-3-4-6-8-10-12-16-13(14)17-2;1-11-3-5-14-7-8-15-6-4-12-9(10)13-2/h15H,3-12H2,1-2H3,(H2,14,16);11H,3-8H2,1-2H3,(H2,10,12)/p+2. The van der Waals surface area contributed by atoms with Crippen molar-refractivity contribution in [1.29, 1.82) is 0 Å². The minimum atomic E-state index is 0.309. The summed E-state index contributed by atoms with van der Waals surface area (Å²) in [5.41, 5.74) is 10.8. The second-order valence-corrected chi connectivity index (χ2v) is 7.25. The van der Waals surface area contributed by atoms with Gasteiger partial charge in [0.1, 0.15) is 6.54 Å². The van der Waals surface area contributed by atoms with E-state index in [0.717, 1.165) is 19.6 Å². The van der Waals surface area contributed by atoms with Gasteiger partial charge >= 0.3 is 12.0 Å². The molecule has 0 aromatic rings. The lowest BCUT2D eigenvalue weighted by Crippen LogP contribution is -2.77. The molecule has 0 aliphatic rings. The van der Waals surface area contributed by atoms with Gasteiger partial charge in [-0.3, -0.25) is 11.5 Å². The van der Waals surface area contributed by atoms with E-state index in [1.54, 1.807) is 7.11 Å². The van der Waals surface area contributed by atoms with E-state index in [1.807, 2.05) is 14.1 Å². The third-order valence-corrected chi connectivity index (χ3v) is 4.51. The highest BCUT2D eigenvalue weighted by Gasteiger charge is 1.96. The maximum absolute atomic E-state index is 5.47. The molecule has 192 valence electrons. The Morgan fingerprint density at radius 2 is 1.06 bits per heavy atom. The molecular weight excluding hydrogens is 412 g/mol. The summed E-state index contributed by atoms with van der Waals surface area (Å²) in [6, 6.07) is 0.735. The molecule has 0 atom stereocenters. The Hall–Kier alpha value is -1.62. The van der Waals surface area contributed by atoms with E-state index in [1.165, 1.54) is 58.5 Å². The summed E-state index contributed by atoms with van der Waals surface area (Å²) in [5.74, 6) is 0. The van der Waals surface area contributed by atoms with Crippen molar-refractivity contribution in [2.75, 3.05) is 80.9 Å². The average Bonchev–Trinajstić information content (AvgIpc) is 2.81. The van der Waals surface area contributed by atoms with E-state index < -0.39 is 0 Å². The molecule has 0 aliphatic carbocycles. The van der Waals surface area contributed by atoms with Crippen molar-refractivity contribution >= 4 is 12.0 Å². The van der Waals surface area contributed by atoms with Crippen LogP contribution in [0.4, 0.5) is 0 Å². The zero-order valence-electron chi connectivity index (χ0n) is 21.1. The number of hydrogen-bond donors (Lipinski definition) is 6. The topological polar surface area (TPSA) is 141 Å². The quantitative estimate of drug-likeness (QED) is 0.0668. The predicted octanol–water partition coefficient (Wildman–Crippen LogP) is -2.35. The summed E-state index contributed by atoms with van der Waals surface area (Å²) in [6.07, 6.45) is 10.6. The summed E-state index contributed by atoms with van der Waals surface area (Å²) in [6.45, 7) is 6.08. The lowest BCUT2D eigenvalue weighted by Gasteiger charge is -2.03. The number of methoxy groups -OCH3 is 2. The van der Waals surface area contributed by atoms with Gasteiger partial charge in [0.05, 0.1) is 47.2 Å². The molecule has 0 fully saturated rings. The molecule has 0 saturated carbocycles. The Morgan fingerprint density at radius 1 is 0.594 bits per heavy atom. The number of ether oxygens (including phenoxy) is 4. The summed E-state index contributed by atoms with van der Waals surface area (Å²) >= 11 is 0. The fourth-order valence-electron chi connectivity index (χ4n) is 2.59. The van der Waals surface area contributed by atoms with E-state index in [4.69, 9.17) is 30.4 Å². The van der Waals surface area contributed by atoms with Gasteiger partial charge in [0.25, 0.3) is 0 Å². The van der Waals surface area contributed by atoms with Gasteiger partial charge in [0, 0.05) is 6.54 Å². The first-order chi connectivity index (χ1) is 15.6. The maximum Gasteiger partial charge on any atom is 0.439 e. The van der Waals surface area contributed by atoms with E-state index in [-0.39, 0.29) is 0 Å². The van der Waals surface area contributed by atoms with Crippen molar-refractivity contribution in [1.82, 2.24) is 10.6 Å². The molecule has 0 radical (unpaired) electrons. The monoisotopic (exact) mass is 464 g/mol. The number of hydrogen-bond acceptors (Lipinski definition) is 6. The Labute approximate surface area is 195 Å². The van der Waals surface area contributed by atoms with Crippen LogP contribution in [0.5, 0.6) is 0 Å². The van der Waals surface area contributed by atoms with Crippen LogP contribution in [0.3, 0.4) is 0 Å². The molecule has 0 bridgehead atoms. The SMILES string of the molecule is CNCCCCCCCCCC[NH+]=C(N)OC.CNCCOCCOCC[NH+]=C(N)OC. The highest BCUT2D eigenvalue weighted by atomic mass is 16.5. The number of likely N-dealkylation sites (N-methyl/N-ethyl adjacent to an activating group) is 1. The van der Waals surface area contributed by atoms with Crippen LogP contribution in [0.2, 0.25) is 0 Å². The summed E-state index contributed by atoms with van der Waals surface area (Å²) in [4.78, 5) is 5.86. The third-order valence-electron chi connectivity index (χ3n) is 4.51. The number of unbranched alkanes of at least 4 members (excludes halogenated alkanes) is 7. The number of nitrogens with one attached hydrogen (secondary N) is 4. The van der Waals surface area contributed by atoms with Gasteiger partial charge in [0.2, 0.25) is 0 Å². The predicted molar refractivity (Wildman–Crippen MR) is 130 cm³/mol. The van der Waals surface area contributed by atoms with E-state index in [9.17, 15) is 0 Å². The van der Waals surface area contributed by atoms with E-state index in [0.29, 0.717) is 45.0 Å². The third kappa shape index (κ3) is 30.6. The first kappa shape index (κ1) is 32.6. The summed E-state index contributed by atoms with van der Waals surface area (Å²) in [7, 11) is 7.00. The molecule has 0 aliphatic heterocycles. The molecule has 0 heterocycles. The minimum absolute atomic E-state index is 0.309. The van der Waals surface area contributed by atoms with Crippen molar-refractivity contribution in [3.8, 4) is 0 Å². The highest BCUT2D eigenvalue weighted by molar-refractivity contribution is 5.64. The Kier molecular flexibility index (Phi) is 29.9. The van der Waals surface area contributed by atoms with Crippen molar-refractivity contribution in [2.24, 2.45) is 11.5 Å². The van der Waals surface area contributed by atoms with E-state index >= 15 is 0 Å². The number of rotatable bonds is 20. The fourth-order valence-corrected chi connectivity index (χ4v) is 2.59. The molecule has 10 heteroatoms. The smallest absolute Gasteiger partial charge is 0.435 e. The van der Waals surface area contributed by atoms with Crippen LogP contribution in [0, 0.1) is 0 Å². The molecule has 10 nitrogen and oxygen atoms in total. The minimum Gasteiger partial charge on any atom is -0.435 e. The molecule has 0 unspecified atom stereocenters. The Bertz CT molecular complexity index is 425. The van der Waals surface area contributed by atoms with Crippen LogP contribution in [-0.2, 0) is 18.9 Å². The molecule has 0 spiro atoms. The summed E-state index contributed by atoms with van der Waals surface area (Å²) < 4.78 is 20.1. The lowest BCUT2D eigenvalue weighted by atomic mass is 10.1. The fraction of sp³-hybridized carbons (Fsp3) is 0.909. The van der Waals surface area contributed by atoms with Crippen LogP contribution >= 0.6 is 0 Å². The molecule has 0 saturated heterocycles. The maximum atomic E-state index is 5.47. The van der Waals surface area contributed by atoms with Crippen molar-refractivity contribution < 1.29 is 28.9 Å². The first-order valence-electron chi connectivity index (χ1n) is 11.9. The lowest BCUT2D eigenvalue weighted by molar-refractivity contribution is -0.472. The second-order valence-electron chi connectivity index (χ2n) is 7.25. The van der Waals surface area contributed by atoms with Crippen molar-refractivity contribution in [2.45, 2.75) is 51.4 Å². The molecule has 8 N–H and O–H groups in total. The highest BCUT2D eigenvalue weighted by Crippen LogP contribution is 2.07. The van der Waals surface area contributed by atoms with Crippen molar-refractivity contribution in [3.63, 3.8) is 0 Å². The zero-order chi connectivity index (χ0) is 24.1. The van der Waals surface area contributed by atoms with Gasteiger partial charge in [-0.2, -0.15) is 0 Å². The van der Waals surface area contributed by atoms with Gasteiger partial charge in [-0.05, 0) is 39.9 Å². The molecule has 0 aromatic heterocycles. The van der Waals surface area contributed by atoms with Gasteiger partial charge < -0.3 is 29.6 Å². The van der Waals surface area contributed by atoms with Crippen LogP contribution in [0.15, 0.2) is 0 Å². The van der Waals surface area contributed by atoms with Gasteiger partial charge in [-0.15, -0.1) is 0 Å². The van der Waals surface area contributed by atoms with Gasteiger partial charge in [-0.1, -0.05) is 32.1 Å². The number of nitrogens with two attached hydrogens (primary N) is 2. The molecule has 0 aromatic carbocycles. The molecule has 0 rings (SSSR count). The van der Waals surface area contributed by atoms with Crippen LogP contribution in [-0.4, -0.2) is 93.0 Å². The first-order valence-corrected chi connectivity index (χ1v) is 11.9. The molecular formula is C22H52N6O4+2. The Morgan fingerprint density at radius 3 is 1.59 bits per heavy atom. The Balaban J connectivity index is 0. The largest absolute Gasteiger partial charge is 0.439 e. The molecule has 0 amide bonds. The van der Waals surface area contributed by atoms with Crippen molar-refractivity contribution in [3.05, 3.63) is 0 Å².